The number of rotatable bonds is 5. The number of aromatic amines is 1. The van der Waals surface area contributed by atoms with Crippen molar-refractivity contribution in [2.75, 3.05) is 19.6 Å². The van der Waals surface area contributed by atoms with Crippen molar-refractivity contribution >= 4 is 10.9 Å². The van der Waals surface area contributed by atoms with E-state index in [2.05, 4.69) is 40.3 Å². The summed E-state index contributed by atoms with van der Waals surface area (Å²) >= 11 is 0. The van der Waals surface area contributed by atoms with Gasteiger partial charge < -0.3 is 9.88 Å². The van der Waals surface area contributed by atoms with Crippen molar-refractivity contribution in [2.45, 2.75) is 32.1 Å². The molecule has 2 nitrogen and oxygen atoms in total. The van der Waals surface area contributed by atoms with Crippen LogP contribution in [0.4, 0.5) is 0 Å². The fraction of sp³-hybridized carbons (Fsp3) is 0.500. The summed E-state index contributed by atoms with van der Waals surface area (Å²) in [7, 11) is 0. The van der Waals surface area contributed by atoms with Crippen molar-refractivity contribution < 1.29 is 0 Å². The molecular formula is C16H22N2. The predicted octanol–water partition coefficient (Wildman–Crippen LogP) is 3.59. The number of aromatic nitrogens is 1. The molecule has 18 heavy (non-hydrogen) atoms. The van der Waals surface area contributed by atoms with Crippen LogP contribution in [0.15, 0.2) is 30.5 Å². The summed E-state index contributed by atoms with van der Waals surface area (Å²) in [6.07, 6.45) is 8.83. The summed E-state index contributed by atoms with van der Waals surface area (Å²) in [5, 5.41) is 1.40. The van der Waals surface area contributed by atoms with Gasteiger partial charge in [-0.1, -0.05) is 18.2 Å². The first-order valence-electron chi connectivity index (χ1n) is 7.21. The second-order valence-electron chi connectivity index (χ2n) is 5.37. The molecule has 1 N–H and O–H groups in total. The normalized spacial score (nSPS) is 16.7. The van der Waals surface area contributed by atoms with E-state index in [9.17, 15) is 0 Å². The Labute approximate surface area is 109 Å². The van der Waals surface area contributed by atoms with Gasteiger partial charge >= 0.3 is 0 Å². The zero-order valence-corrected chi connectivity index (χ0v) is 11.0. The van der Waals surface area contributed by atoms with Crippen molar-refractivity contribution in [3.63, 3.8) is 0 Å². The minimum atomic E-state index is 1.21. The largest absolute Gasteiger partial charge is 0.361 e. The molecule has 3 rings (SSSR count). The van der Waals surface area contributed by atoms with Crippen molar-refractivity contribution in [1.29, 1.82) is 0 Å². The predicted molar refractivity (Wildman–Crippen MR) is 76.9 cm³/mol. The van der Waals surface area contributed by atoms with E-state index >= 15 is 0 Å². The highest BCUT2D eigenvalue weighted by atomic mass is 15.1. The molecule has 1 aromatic carbocycles. The van der Waals surface area contributed by atoms with Crippen LogP contribution in [0.25, 0.3) is 10.9 Å². The summed E-state index contributed by atoms with van der Waals surface area (Å²) in [4.78, 5) is 5.97. The number of fused-ring (bicyclic) bond motifs is 1. The number of H-pyrrole nitrogens is 1. The molecule has 2 aromatic rings. The number of para-hydroxylation sites is 1. The minimum Gasteiger partial charge on any atom is -0.361 e. The molecule has 0 radical (unpaired) electrons. The molecule has 1 aliphatic rings. The first kappa shape index (κ1) is 11.8. The van der Waals surface area contributed by atoms with Crippen LogP contribution in [0.1, 0.15) is 31.2 Å². The van der Waals surface area contributed by atoms with E-state index in [-0.39, 0.29) is 0 Å². The number of nitrogens with one attached hydrogen (secondary N) is 1. The van der Waals surface area contributed by atoms with Crippen LogP contribution in [0.5, 0.6) is 0 Å². The van der Waals surface area contributed by atoms with Crippen LogP contribution >= 0.6 is 0 Å². The number of hydrogen-bond donors (Lipinski definition) is 1. The SMILES string of the molecule is c1ccc2c(CCCCN3CCCC3)c[nH]c2c1. The first-order valence-corrected chi connectivity index (χ1v) is 7.21. The van der Waals surface area contributed by atoms with Crippen molar-refractivity contribution in [1.82, 2.24) is 9.88 Å². The smallest absolute Gasteiger partial charge is 0.0456 e. The van der Waals surface area contributed by atoms with Crippen molar-refractivity contribution in [3.8, 4) is 0 Å². The van der Waals surface area contributed by atoms with E-state index in [1.165, 1.54) is 68.2 Å². The van der Waals surface area contributed by atoms with Gasteiger partial charge in [-0.05, 0) is 63.4 Å². The fourth-order valence-electron chi connectivity index (χ4n) is 3.00. The Hall–Kier alpha value is -1.28. The Kier molecular flexibility index (Phi) is 3.65. The van der Waals surface area contributed by atoms with E-state index in [0.29, 0.717) is 0 Å². The van der Waals surface area contributed by atoms with E-state index in [1.54, 1.807) is 0 Å². The first-order chi connectivity index (χ1) is 8.93. The third kappa shape index (κ3) is 2.59. The highest BCUT2D eigenvalue weighted by Crippen LogP contribution is 2.19. The molecule has 1 aliphatic heterocycles. The molecule has 0 unspecified atom stereocenters. The fourth-order valence-corrected chi connectivity index (χ4v) is 3.00. The monoisotopic (exact) mass is 242 g/mol. The van der Waals surface area contributed by atoms with Gasteiger partial charge in [-0.25, -0.2) is 0 Å². The van der Waals surface area contributed by atoms with Crippen LogP contribution < -0.4 is 0 Å². The maximum absolute atomic E-state index is 3.36. The van der Waals surface area contributed by atoms with E-state index < -0.39 is 0 Å². The van der Waals surface area contributed by atoms with Crippen LogP contribution in [-0.4, -0.2) is 29.5 Å². The van der Waals surface area contributed by atoms with Gasteiger partial charge in [0.05, 0.1) is 0 Å². The zero-order chi connectivity index (χ0) is 12.2. The molecule has 96 valence electrons. The Balaban J connectivity index is 1.50. The summed E-state index contributed by atoms with van der Waals surface area (Å²) in [5.41, 5.74) is 2.75. The maximum Gasteiger partial charge on any atom is 0.0456 e. The molecule has 0 saturated carbocycles. The highest BCUT2D eigenvalue weighted by molar-refractivity contribution is 5.82. The number of benzene rings is 1. The van der Waals surface area contributed by atoms with Gasteiger partial charge in [-0.3, -0.25) is 0 Å². The van der Waals surface area contributed by atoms with Gasteiger partial charge in [-0.2, -0.15) is 0 Å². The zero-order valence-electron chi connectivity index (χ0n) is 11.0. The molecule has 1 fully saturated rings. The maximum atomic E-state index is 3.36. The third-order valence-electron chi connectivity index (χ3n) is 4.04. The van der Waals surface area contributed by atoms with Crippen LogP contribution in [0, 0.1) is 0 Å². The standard InChI is InChI=1S/C16H22N2/c1-2-9-16-15(8-1)14(13-17-16)7-3-4-10-18-11-5-6-12-18/h1-2,8-9,13,17H,3-7,10-12H2. The molecule has 1 saturated heterocycles. The topological polar surface area (TPSA) is 19.0 Å². The van der Waals surface area contributed by atoms with Crippen molar-refractivity contribution in [2.24, 2.45) is 0 Å². The molecular weight excluding hydrogens is 220 g/mol. The van der Waals surface area contributed by atoms with Gasteiger partial charge in [0.2, 0.25) is 0 Å². The Bertz CT molecular complexity index is 495. The Morgan fingerprint density at radius 3 is 2.78 bits per heavy atom. The molecule has 0 spiro atoms. The minimum absolute atomic E-state index is 1.21. The lowest BCUT2D eigenvalue weighted by atomic mass is 10.1. The summed E-state index contributed by atoms with van der Waals surface area (Å²) in [6, 6.07) is 8.60. The van der Waals surface area contributed by atoms with E-state index in [1.807, 2.05) is 0 Å². The lowest BCUT2D eigenvalue weighted by Gasteiger charge is -2.13. The van der Waals surface area contributed by atoms with Gasteiger partial charge in [0.25, 0.3) is 0 Å². The van der Waals surface area contributed by atoms with Crippen LogP contribution in [-0.2, 0) is 6.42 Å². The number of hydrogen-bond acceptors (Lipinski definition) is 1. The average molecular weight is 242 g/mol. The summed E-state index contributed by atoms with van der Waals surface area (Å²) in [6.45, 7) is 3.95. The van der Waals surface area contributed by atoms with E-state index in [4.69, 9.17) is 0 Å². The molecule has 0 bridgehead atoms. The molecule has 0 atom stereocenters. The number of unbranched alkanes of at least 4 members (excludes halogenated alkanes) is 1. The summed E-state index contributed by atoms with van der Waals surface area (Å²) in [5.74, 6) is 0. The number of nitrogens with zero attached hydrogens (tertiary/aromatic N) is 1. The lowest BCUT2D eigenvalue weighted by Crippen LogP contribution is -2.20. The van der Waals surface area contributed by atoms with Crippen LogP contribution in [0.2, 0.25) is 0 Å². The van der Waals surface area contributed by atoms with Gasteiger partial charge in [0.1, 0.15) is 0 Å². The molecule has 0 amide bonds. The van der Waals surface area contributed by atoms with Gasteiger partial charge in [-0.15, -0.1) is 0 Å². The van der Waals surface area contributed by atoms with Gasteiger partial charge in [0, 0.05) is 17.1 Å². The number of aryl methyl sites for hydroxylation is 1. The van der Waals surface area contributed by atoms with Crippen molar-refractivity contribution in [3.05, 3.63) is 36.0 Å². The lowest BCUT2D eigenvalue weighted by molar-refractivity contribution is 0.330. The van der Waals surface area contributed by atoms with Gasteiger partial charge in [0.15, 0.2) is 0 Å². The average Bonchev–Trinajstić information content (AvgIpc) is 3.04. The molecule has 2 heteroatoms. The molecule has 2 heterocycles. The summed E-state index contributed by atoms with van der Waals surface area (Å²) < 4.78 is 0. The Morgan fingerprint density at radius 2 is 1.89 bits per heavy atom. The third-order valence-corrected chi connectivity index (χ3v) is 4.04. The quantitative estimate of drug-likeness (QED) is 0.794. The second kappa shape index (κ2) is 5.57. The second-order valence-corrected chi connectivity index (χ2v) is 5.37. The van der Waals surface area contributed by atoms with E-state index in [0.717, 1.165) is 0 Å². The Morgan fingerprint density at radius 1 is 1.06 bits per heavy atom. The van der Waals surface area contributed by atoms with Crippen LogP contribution in [0.3, 0.4) is 0 Å². The number of likely N-dealkylation sites (tertiary alicyclic amines) is 1. The molecule has 0 aliphatic carbocycles. The highest BCUT2D eigenvalue weighted by Gasteiger charge is 2.10. The molecule has 1 aromatic heterocycles.